The van der Waals surface area contributed by atoms with Gasteiger partial charge >= 0.3 is 6.18 Å². The SMILES string of the molecule is Cc1ccc(OCC(=O)NCC(O)COc2ccc(C(F)(F)F)cc2)cc1C. The zero-order valence-corrected chi connectivity index (χ0v) is 15.5. The number of aliphatic hydroxyl groups excluding tert-OH is 1. The fourth-order valence-corrected chi connectivity index (χ4v) is 2.23. The average molecular weight is 397 g/mol. The van der Waals surface area contributed by atoms with Crippen LogP contribution in [0.1, 0.15) is 16.7 Å². The Balaban J connectivity index is 1.69. The van der Waals surface area contributed by atoms with Crippen LogP contribution in [0.2, 0.25) is 0 Å². The molecule has 0 fully saturated rings. The maximum atomic E-state index is 12.5. The number of benzene rings is 2. The van der Waals surface area contributed by atoms with Crippen LogP contribution < -0.4 is 14.8 Å². The Morgan fingerprint density at radius 1 is 1.04 bits per heavy atom. The molecule has 2 aromatic rings. The first-order valence-electron chi connectivity index (χ1n) is 8.60. The fraction of sp³-hybridized carbons (Fsp3) is 0.350. The van der Waals surface area contributed by atoms with Gasteiger partial charge in [-0.05, 0) is 61.4 Å². The molecule has 1 amide bonds. The van der Waals surface area contributed by atoms with Gasteiger partial charge in [-0.2, -0.15) is 13.2 Å². The molecule has 5 nitrogen and oxygen atoms in total. The Hall–Kier alpha value is -2.74. The normalized spacial score (nSPS) is 12.4. The van der Waals surface area contributed by atoms with E-state index in [1.54, 1.807) is 6.07 Å². The maximum absolute atomic E-state index is 12.5. The highest BCUT2D eigenvalue weighted by molar-refractivity contribution is 5.77. The topological polar surface area (TPSA) is 67.8 Å². The van der Waals surface area contributed by atoms with E-state index in [0.717, 1.165) is 23.3 Å². The van der Waals surface area contributed by atoms with E-state index in [-0.39, 0.29) is 25.5 Å². The number of nitrogens with one attached hydrogen (secondary N) is 1. The van der Waals surface area contributed by atoms with E-state index in [1.165, 1.54) is 12.1 Å². The van der Waals surface area contributed by atoms with Crippen LogP contribution in [0, 0.1) is 13.8 Å². The summed E-state index contributed by atoms with van der Waals surface area (Å²) in [6.07, 6.45) is -5.44. The van der Waals surface area contributed by atoms with Crippen LogP contribution in [0.5, 0.6) is 11.5 Å². The average Bonchev–Trinajstić information content (AvgIpc) is 2.65. The number of aliphatic hydroxyl groups is 1. The minimum atomic E-state index is -4.42. The number of amides is 1. The van der Waals surface area contributed by atoms with Crippen LogP contribution in [-0.2, 0) is 11.0 Å². The molecule has 0 radical (unpaired) electrons. The lowest BCUT2D eigenvalue weighted by Crippen LogP contribution is -2.37. The van der Waals surface area contributed by atoms with Crippen molar-refractivity contribution in [3.63, 3.8) is 0 Å². The third-order valence-corrected chi connectivity index (χ3v) is 4.01. The van der Waals surface area contributed by atoms with Crippen LogP contribution in [-0.4, -0.2) is 36.9 Å². The molecule has 2 aromatic carbocycles. The third kappa shape index (κ3) is 6.77. The minimum absolute atomic E-state index is 0.0737. The summed E-state index contributed by atoms with van der Waals surface area (Å²) in [4.78, 5) is 11.8. The van der Waals surface area contributed by atoms with Crippen molar-refractivity contribution < 1.29 is 32.5 Å². The number of hydrogen-bond acceptors (Lipinski definition) is 4. The van der Waals surface area contributed by atoms with Crippen molar-refractivity contribution in [2.75, 3.05) is 19.8 Å². The van der Waals surface area contributed by atoms with E-state index in [9.17, 15) is 23.1 Å². The van der Waals surface area contributed by atoms with Crippen molar-refractivity contribution in [2.45, 2.75) is 26.1 Å². The Kier molecular flexibility index (Phi) is 7.28. The molecule has 0 saturated heterocycles. The van der Waals surface area contributed by atoms with Gasteiger partial charge in [0.25, 0.3) is 5.91 Å². The van der Waals surface area contributed by atoms with Gasteiger partial charge in [0.15, 0.2) is 6.61 Å². The number of halogens is 3. The Labute approximate surface area is 161 Å². The number of aryl methyl sites for hydroxylation is 2. The number of alkyl halides is 3. The van der Waals surface area contributed by atoms with E-state index in [2.05, 4.69) is 5.32 Å². The molecule has 0 heterocycles. The van der Waals surface area contributed by atoms with Gasteiger partial charge in [0.2, 0.25) is 0 Å². The summed E-state index contributed by atoms with van der Waals surface area (Å²) >= 11 is 0. The zero-order valence-electron chi connectivity index (χ0n) is 15.5. The molecule has 0 bridgehead atoms. The van der Waals surface area contributed by atoms with Crippen molar-refractivity contribution in [3.05, 3.63) is 59.2 Å². The minimum Gasteiger partial charge on any atom is -0.491 e. The Morgan fingerprint density at radius 2 is 1.68 bits per heavy atom. The van der Waals surface area contributed by atoms with Crippen molar-refractivity contribution in [3.8, 4) is 11.5 Å². The first kappa shape index (κ1) is 21.6. The van der Waals surface area contributed by atoms with E-state index >= 15 is 0 Å². The van der Waals surface area contributed by atoms with Gasteiger partial charge in [0.05, 0.1) is 5.56 Å². The lowest BCUT2D eigenvalue weighted by molar-refractivity contribution is -0.137. The molecule has 1 atom stereocenters. The molecule has 2 N–H and O–H groups in total. The number of rotatable bonds is 8. The smallest absolute Gasteiger partial charge is 0.416 e. The molecule has 0 aromatic heterocycles. The summed E-state index contributed by atoms with van der Waals surface area (Å²) in [5, 5.41) is 12.3. The fourth-order valence-electron chi connectivity index (χ4n) is 2.23. The Morgan fingerprint density at radius 3 is 2.29 bits per heavy atom. The summed E-state index contributed by atoms with van der Waals surface area (Å²) in [6.45, 7) is 3.46. The quantitative estimate of drug-likeness (QED) is 0.718. The molecule has 152 valence electrons. The van der Waals surface area contributed by atoms with Crippen LogP contribution >= 0.6 is 0 Å². The Bertz CT molecular complexity index is 791. The van der Waals surface area contributed by atoms with Crippen molar-refractivity contribution in [2.24, 2.45) is 0 Å². The van der Waals surface area contributed by atoms with Crippen LogP contribution in [0.25, 0.3) is 0 Å². The summed E-state index contributed by atoms with van der Waals surface area (Å²) in [6, 6.07) is 9.63. The molecule has 1 unspecified atom stereocenters. The summed E-state index contributed by atoms with van der Waals surface area (Å²) in [5.74, 6) is 0.354. The second kappa shape index (κ2) is 9.45. The molecule has 0 spiro atoms. The molecule has 0 saturated carbocycles. The van der Waals surface area contributed by atoms with E-state index < -0.39 is 23.8 Å². The molecule has 28 heavy (non-hydrogen) atoms. The standard InChI is InChI=1S/C20H22F3NO4/c1-13-3-6-18(9-14(13)2)28-12-19(26)24-10-16(25)11-27-17-7-4-15(5-8-17)20(21,22)23/h3-9,16,25H,10-12H2,1-2H3,(H,24,26). The van der Waals surface area contributed by atoms with Crippen molar-refractivity contribution in [1.29, 1.82) is 0 Å². The maximum Gasteiger partial charge on any atom is 0.416 e. The molecule has 8 heteroatoms. The molecular formula is C20H22F3NO4. The van der Waals surface area contributed by atoms with Gasteiger partial charge < -0.3 is 19.9 Å². The van der Waals surface area contributed by atoms with Crippen molar-refractivity contribution >= 4 is 5.91 Å². The number of carbonyl (C=O) groups is 1. The second-order valence-electron chi connectivity index (χ2n) is 6.33. The van der Waals surface area contributed by atoms with Gasteiger partial charge in [-0.25, -0.2) is 0 Å². The monoisotopic (exact) mass is 397 g/mol. The van der Waals surface area contributed by atoms with Crippen LogP contribution in [0.3, 0.4) is 0 Å². The van der Waals surface area contributed by atoms with E-state index in [0.29, 0.717) is 5.75 Å². The van der Waals surface area contributed by atoms with Crippen molar-refractivity contribution in [1.82, 2.24) is 5.32 Å². The first-order valence-corrected chi connectivity index (χ1v) is 8.60. The number of hydrogen-bond donors (Lipinski definition) is 2. The molecule has 0 aliphatic carbocycles. The highest BCUT2D eigenvalue weighted by Crippen LogP contribution is 2.30. The lowest BCUT2D eigenvalue weighted by atomic mass is 10.1. The third-order valence-electron chi connectivity index (χ3n) is 4.01. The van der Waals surface area contributed by atoms with Gasteiger partial charge in [0, 0.05) is 6.54 Å². The highest BCUT2D eigenvalue weighted by Gasteiger charge is 2.30. The van der Waals surface area contributed by atoms with E-state index in [4.69, 9.17) is 9.47 Å². The van der Waals surface area contributed by atoms with Crippen LogP contribution in [0.4, 0.5) is 13.2 Å². The molecule has 0 aliphatic heterocycles. The number of ether oxygens (including phenoxy) is 2. The van der Waals surface area contributed by atoms with E-state index in [1.807, 2.05) is 26.0 Å². The second-order valence-corrected chi connectivity index (χ2v) is 6.33. The van der Waals surface area contributed by atoms with Crippen LogP contribution in [0.15, 0.2) is 42.5 Å². The molecule has 0 aliphatic rings. The van der Waals surface area contributed by atoms with Gasteiger partial charge in [0.1, 0.15) is 24.2 Å². The zero-order chi connectivity index (χ0) is 20.7. The summed E-state index contributed by atoms with van der Waals surface area (Å²) in [7, 11) is 0. The predicted molar refractivity (Wildman–Crippen MR) is 97.4 cm³/mol. The summed E-state index contributed by atoms with van der Waals surface area (Å²) < 4.78 is 48.1. The molecular weight excluding hydrogens is 375 g/mol. The van der Waals surface area contributed by atoms with Gasteiger partial charge in [-0.3, -0.25) is 4.79 Å². The lowest BCUT2D eigenvalue weighted by Gasteiger charge is -2.14. The summed E-state index contributed by atoms with van der Waals surface area (Å²) in [5.41, 5.74) is 1.39. The predicted octanol–water partition coefficient (Wildman–Crippen LogP) is 3.26. The highest BCUT2D eigenvalue weighted by atomic mass is 19.4. The number of carbonyl (C=O) groups excluding carboxylic acids is 1. The molecule has 2 rings (SSSR count). The largest absolute Gasteiger partial charge is 0.491 e. The first-order chi connectivity index (χ1) is 13.1. The van der Waals surface area contributed by atoms with Gasteiger partial charge in [-0.1, -0.05) is 6.07 Å². The van der Waals surface area contributed by atoms with Gasteiger partial charge in [-0.15, -0.1) is 0 Å².